The number of nitrogens with one attached hydrogen (secondary N) is 1. The lowest BCUT2D eigenvalue weighted by molar-refractivity contribution is 0.269. The van der Waals surface area contributed by atoms with Crippen LogP contribution >= 0.6 is 0 Å². The van der Waals surface area contributed by atoms with Crippen LogP contribution in [0.2, 0.25) is 0 Å². The summed E-state index contributed by atoms with van der Waals surface area (Å²) in [6.07, 6.45) is 6.36. The van der Waals surface area contributed by atoms with Crippen LogP contribution in [-0.4, -0.2) is 38.9 Å². The van der Waals surface area contributed by atoms with Crippen molar-refractivity contribution in [2.45, 2.75) is 59.3 Å². The Bertz CT molecular complexity index is 388. The number of hydrogen-bond acceptors (Lipinski definition) is 3. The molecule has 0 spiro atoms. The third-order valence-electron chi connectivity index (χ3n) is 4.44. The van der Waals surface area contributed by atoms with Crippen LogP contribution in [0.15, 0.2) is 0 Å². The van der Waals surface area contributed by atoms with E-state index in [-0.39, 0.29) is 5.41 Å². The van der Waals surface area contributed by atoms with Gasteiger partial charge in [0.2, 0.25) is 0 Å². The fourth-order valence-corrected chi connectivity index (χ4v) is 4.15. The molecule has 5 nitrogen and oxygen atoms in total. The van der Waals surface area contributed by atoms with Gasteiger partial charge in [-0.1, -0.05) is 40.0 Å². The number of nitrogens with two attached hydrogens (primary N) is 1. The van der Waals surface area contributed by atoms with Crippen LogP contribution in [0.3, 0.4) is 0 Å². The highest BCUT2D eigenvalue weighted by Crippen LogP contribution is 2.24. The molecule has 0 aromatic carbocycles. The van der Waals surface area contributed by atoms with E-state index >= 15 is 0 Å². The highest BCUT2D eigenvalue weighted by molar-refractivity contribution is 7.87. The molecule has 6 heteroatoms. The first-order valence-electron chi connectivity index (χ1n) is 8.25. The van der Waals surface area contributed by atoms with Gasteiger partial charge < -0.3 is 5.73 Å². The molecule has 1 rings (SSSR count). The molecule has 0 saturated carbocycles. The molecule has 0 unspecified atom stereocenters. The summed E-state index contributed by atoms with van der Waals surface area (Å²) in [5, 5.41) is 0. The highest BCUT2D eigenvalue weighted by atomic mass is 32.2. The summed E-state index contributed by atoms with van der Waals surface area (Å²) in [4.78, 5) is 0. The van der Waals surface area contributed by atoms with Gasteiger partial charge in [0.15, 0.2) is 0 Å². The molecule has 1 fully saturated rings. The number of piperidine rings is 1. The Balaban J connectivity index is 2.42. The minimum absolute atomic E-state index is 0.0117. The Morgan fingerprint density at radius 2 is 1.86 bits per heavy atom. The molecular weight excluding hydrogens is 286 g/mol. The molecule has 3 N–H and O–H groups in total. The molecular formula is C15H33N3O2S. The monoisotopic (exact) mass is 319 g/mol. The molecule has 1 saturated heterocycles. The number of hydrogen-bond donors (Lipinski definition) is 2. The zero-order valence-electron chi connectivity index (χ0n) is 13.9. The first kappa shape index (κ1) is 18.9. The molecule has 0 atom stereocenters. The van der Waals surface area contributed by atoms with Gasteiger partial charge in [0, 0.05) is 19.6 Å². The minimum Gasteiger partial charge on any atom is -0.330 e. The van der Waals surface area contributed by atoms with E-state index in [9.17, 15) is 8.42 Å². The van der Waals surface area contributed by atoms with E-state index < -0.39 is 10.2 Å². The average molecular weight is 320 g/mol. The van der Waals surface area contributed by atoms with Gasteiger partial charge in [-0.25, -0.2) is 4.72 Å². The van der Waals surface area contributed by atoms with Crippen LogP contribution < -0.4 is 10.5 Å². The van der Waals surface area contributed by atoms with Crippen molar-refractivity contribution in [1.82, 2.24) is 9.03 Å². The van der Waals surface area contributed by atoms with Crippen molar-refractivity contribution in [1.29, 1.82) is 0 Å². The maximum atomic E-state index is 12.3. The molecule has 0 radical (unpaired) electrons. The topological polar surface area (TPSA) is 75.4 Å². The van der Waals surface area contributed by atoms with Gasteiger partial charge >= 0.3 is 0 Å². The Kier molecular flexibility index (Phi) is 7.60. The standard InChI is InChI=1S/C15H33N3O2S/c1-4-5-6-9-15(2,3)13-17-21(19,20)18-10-7-14(12-16)8-11-18/h14,17H,4-13,16H2,1-3H3. The van der Waals surface area contributed by atoms with Gasteiger partial charge in [-0.2, -0.15) is 12.7 Å². The molecule has 21 heavy (non-hydrogen) atoms. The van der Waals surface area contributed by atoms with E-state index in [0.29, 0.717) is 32.1 Å². The van der Waals surface area contributed by atoms with Gasteiger partial charge in [0.25, 0.3) is 10.2 Å². The van der Waals surface area contributed by atoms with Crippen molar-refractivity contribution in [2.24, 2.45) is 17.1 Å². The van der Waals surface area contributed by atoms with Crippen LogP contribution in [-0.2, 0) is 10.2 Å². The van der Waals surface area contributed by atoms with E-state index in [0.717, 1.165) is 25.7 Å². The minimum atomic E-state index is -3.34. The summed E-state index contributed by atoms with van der Waals surface area (Å²) >= 11 is 0. The number of nitrogens with zero attached hydrogens (tertiary/aromatic N) is 1. The quantitative estimate of drug-likeness (QED) is 0.639. The van der Waals surface area contributed by atoms with E-state index in [2.05, 4.69) is 25.5 Å². The van der Waals surface area contributed by atoms with Gasteiger partial charge in [0.05, 0.1) is 0 Å². The van der Waals surface area contributed by atoms with E-state index in [1.165, 1.54) is 12.8 Å². The summed E-state index contributed by atoms with van der Waals surface area (Å²) in [5.74, 6) is 0.474. The second kappa shape index (κ2) is 8.46. The first-order chi connectivity index (χ1) is 9.80. The first-order valence-corrected chi connectivity index (χ1v) is 9.69. The molecule has 0 aromatic rings. The SMILES string of the molecule is CCCCCC(C)(C)CNS(=O)(=O)N1CCC(CN)CC1. The lowest BCUT2D eigenvalue weighted by Crippen LogP contribution is -2.47. The molecule has 1 aliphatic rings. The third-order valence-corrected chi connectivity index (χ3v) is 5.99. The average Bonchev–Trinajstić information content (AvgIpc) is 2.46. The largest absolute Gasteiger partial charge is 0.330 e. The van der Waals surface area contributed by atoms with Gasteiger partial charge in [-0.3, -0.25) is 0 Å². The van der Waals surface area contributed by atoms with Crippen molar-refractivity contribution in [2.75, 3.05) is 26.2 Å². The van der Waals surface area contributed by atoms with Gasteiger partial charge in [-0.15, -0.1) is 0 Å². The summed E-state index contributed by atoms with van der Waals surface area (Å²) in [5.41, 5.74) is 5.66. The third kappa shape index (κ3) is 6.63. The zero-order valence-corrected chi connectivity index (χ0v) is 14.7. The lowest BCUT2D eigenvalue weighted by atomic mass is 9.87. The smallest absolute Gasteiger partial charge is 0.279 e. The van der Waals surface area contributed by atoms with E-state index in [1.807, 2.05) is 0 Å². The molecule has 0 aromatic heterocycles. The zero-order chi connectivity index (χ0) is 15.9. The van der Waals surface area contributed by atoms with Crippen LogP contribution in [0.25, 0.3) is 0 Å². The molecule has 0 bridgehead atoms. The van der Waals surface area contributed by atoms with Crippen LogP contribution in [0.1, 0.15) is 59.3 Å². The summed E-state index contributed by atoms with van der Waals surface area (Å²) < 4.78 is 29.0. The predicted octanol–water partition coefficient (Wildman–Crippen LogP) is 2.10. The lowest BCUT2D eigenvalue weighted by Gasteiger charge is -2.32. The maximum absolute atomic E-state index is 12.3. The van der Waals surface area contributed by atoms with Crippen molar-refractivity contribution >= 4 is 10.2 Å². The maximum Gasteiger partial charge on any atom is 0.279 e. The highest BCUT2D eigenvalue weighted by Gasteiger charge is 2.29. The van der Waals surface area contributed by atoms with E-state index in [4.69, 9.17) is 5.73 Å². The second-order valence-corrected chi connectivity index (χ2v) is 8.78. The normalized spacial score (nSPS) is 19.0. The van der Waals surface area contributed by atoms with Gasteiger partial charge in [0.1, 0.15) is 0 Å². The molecule has 1 aliphatic heterocycles. The number of rotatable bonds is 9. The fraction of sp³-hybridized carbons (Fsp3) is 1.00. The summed E-state index contributed by atoms with van der Waals surface area (Å²) in [6, 6.07) is 0. The van der Waals surface area contributed by atoms with Crippen LogP contribution in [0.5, 0.6) is 0 Å². The Morgan fingerprint density at radius 3 is 2.38 bits per heavy atom. The summed E-state index contributed by atoms with van der Waals surface area (Å²) in [6.45, 7) is 8.79. The second-order valence-electron chi connectivity index (χ2n) is 7.03. The Hall–Kier alpha value is -0.170. The summed E-state index contributed by atoms with van der Waals surface area (Å²) in [7, 11) is -3.34. The Labute approximate surface area is 130 Å². The van der Waals surface area contributed by atoms with Crippen molar-refractivity contribution in [3.05, 3.63) is 0 Å². The molecule has 126 valence electrons. The molecule has 0 amide bonds. The fourth-order valence-electron chi connectivity index (χ4n) is 2.71. The predicted molar refractivity (Wildman–Crippen MR) is 88.2 cm³/mol. The van der Waals surface area contributed by atoms with Crippen molar-refractivity contribution in [3.8, 4) is 0 Å². The van der Waals surface area contributed by atoms with Crippen LogP contribution in [0, 0.1) is 11.3 Å². The molecule has 1 heterocycles. The Morgan fingerprint density at radius 1 is 1.24 bits per heavy atom. The van der Waals surface area contributed by atoms with Crippen molar-refractivity contribution < 1.29 is 8.42 Å². The van der Waals surface area contributed by atoms with Crippen molar-refractivity contribution in [3.63, 3.8) is 0 Å². The molecule has 0 aliphatic carbocycles. The van der Waals surface area contributed by atoms with Gasteiger partial charge in [-0.05, 0) is 37.1 Å². The number of unbranched alkanes of at least 4 members (excludes halogenated alkanes) is 2. The van der Waals surface area contributed by atoms with Crippen LogP contribution in [0.4, 0.5) is 0 Å². The van der Waals surface area contributed by atoms with E-state index in [1.54, 1.807) is 4.31 Å².